The Labute approximate surface area is 185 Å². The maximum absolute atomic E-state index is 13.2. The fourth-order valence-corrected chi connectivity index (χ4v) is 4.74. The Hall–Kier alpha value is -3.77. The molecule has 1 aliphatic rings. The first-order valence-electron chi connectivity index (χ1n) is 10.8. The number of rotatable bonds is 2. The van der Waals surface area contributed by atoms with Crippen LogP contribution >= 0.6 is 0 Å². The van der Waals surface area contributed by atoms with E-state index in [1.54, 1.807) is 10.7 Å². The standard InChI is InChI=1S/C26H23N5O/c1-29-10-9-17-3-6-22(11-20(17)15-29)31-25(32)8-5-19-13-27-24-7-4-18(12-23(24)26(19)31)21-14-28-30(2)16-21/h3-8,11-14,16H,9-10,15H2,1-2H3. The smallest absolute Gasteiger partial charge is 0.255 e. The number of hydrogen-bond donors (Lipinski definition) is 0. The molecule has 0 saturated carbocycles. The summed E-state index contributed by atoms with van der Waals surface area (Å²) in [4.78, 5) is 20.2. The number of benzene rings is 2. The molecule has 1 aliphatic heterocycles. The molecule has 0 bridgehead atoms. The fourth-order valence-electron chi connectivity index (χ4n) is 4.74. The van der Waals surface area contributed by atoms with E-state index in [0.717, 1.165) is 58.1 Å². The van der Waals surface area contributed by atoms with Gasteiger partial charge >= 0.3 is 0 Å². The van der Waals surface area contributed by atoms with Gasteiger partial charge in [-0.1, -0.05) is 12.1 Å². The summed E-state index contributed by atoms with van der Waals surface area (Å²) >= 11 is 0. The largest absolute Gasteiger partial charge is 0.302 e. The van der Waals surface area contributed by atoms with E-state index >= 15 is 0 Å². The van der Waals surface area contributed by atoms with Crippen molar-refractivity contribution >= 4 is 21.8 Å². The van der Waals surface area contributed by atoms with E-state index in [1.165, 1.54) is 11.1 Å². The molecule has 3 aromatic heterocycles. The minimum atomic E-state index is -0.0408. The van der Waals surface area contributed by atoms with Gasteiger partial charge in [0, 0.05) is 60.6 Å². The van der Waals surface area contributed by atoms with Crippen LogP contribution in [0.3, 0.4) is 0 Å². The summed E-state index contributed by atoms with van der Waals surface area (Å²) in [6.07, 6.45) is 6.74. The highest BCUT2D eigenvalue weighted by Crippen LogP contribution is 2.30. The van der Waals surface area contributed by atoms with E-state index in [0.29, 0.717) is 0 Å². The summed E-state index contributed by atoms with van der Waals surface area (Å²) in [6.45, 7) is 1.96. The fraction of sp³-hybridized carbons (Fsp3) is 0.192. The van der Waals surface area contributed by atoms with Gasteiger partial charge < -0.3 is 4.90 Å². The Kier molecular flexibility index (Phi) is 4.23. The average molecular weight is 422 g/mol. The van der Waals surface area contributed by atoms with Gasteiger partial charge in [-0.3, -0.25) is 19.0 Å². The van der Waals surface area contributed by atoms with Crippen molar-refractivity contribution in [1.82, 2.24) is 24.2 Å². The molecular formula is C26H23N5O. The number of pyridine rings is 2. The van der Waals surface area contributed by atoms with Crippen LogP contribution in [0.25, 0.3) is 38.6 Å². The van der Waals surface area contributed by atoms with Crippen LogP contribution in [-0.2, 0) is 20.0 Å². The maximum Gasteiger partial charge on any atom is 0.255 e. The quantitative estimate of drug-likeness (QED) is 0.405. The summed E-state index contributed by atoms with van der Waals surface area (Å²) in [5, 5.41) is 6.20. The Morgan fingerprint density at radius 2 is 1.81 bits per heavy atom. The lowest BCUT2D eigenvalue weighted by Gasteiger charge is -2.25. The second-order valence-electron chi connectivity index (χ2n) is 8.64. The van der Waals surface area contributed by atoms with Gasteiger partial charge in [-0.05, 0) is 60.5 Å². The van der Waals surface area contributed by atoms with Crippen LogP contribution in [0.15, 0.2) is 71.9 Å². The molecule has 0 fully saturated rings. The number of likely N-dealkylation sites (N-methyl/N-ethyl adjacent to an activating group) is 1. The van der Waals surface area contributed by atoms with Crippen LogP contribution in [0.4, 0.5) is 0 Å². The van der Waals surface area contributed by atoms with Gasteiger partial charge in [0.25, 0.3) is 5.56 Å². The van der Waals surface area contributed by atoms with Crippen LogP contribution in [0.1, 0.15) is 11.1 Å². The van der Waals surface area contributed by atoms with Crippen molar-refractivity contribution in [2.45, 2.75) is 13.0 Å². The third kappa shape index (κ3) is 3.03. The second kappa shape index (κ2) is 7.14. The Bertz CT molecular complexity index is 1560. The van der Waals surface area contributed by atoms with Gasteiger partial charge in [0.05, 0.1) is 17.2 Å². The lowest BCUT2D eigenvalue weighted by atomic mass is 9.99. The van der Waals surface area contributed by atoms with Crippen LogP contribution in [0.2, 0.25) is 0 Å². The molecule has 2 aromatic carbocycles. The molecule has 32 heavy (non-hydrogen) atoms. The lowest BCUT2D eigenvalue weighted by molar-refractivity contribution is 0.313. The van der Waals surface area contributed by atoms with Crippen LogP contribution in [0, 0.1) is 0 Å². The van der Waals surface area contributed by atoms with E-state index in [4.69, 9.17) is 0 Å². The van der Waals surface area contributed by atoms with Gasteiger partial charge in [0.15, 0.2) is 0 Å². The molecule has 0 saturated heterocycles. The molecule has 0 N–H and O–H groups in total. The number of fused-ring (bicyclic) bond motifs is 4. The Balaban J connectivity index is 1.64. The van der Waals surface area contributed by atoms with Gasteiger partial charge in [-0.15, -0.1) is 0 Å². The monoisotopic (exact) mass is 421 g/mol. The minimum Gasteiger partial charge on any atom is -0.302 e. The van der Waals surface area contributed by atoms with E-state index in [9.17, 15) is 4.79 Å². The van der Waals surface area contributed by atoms with Gasteiger partial charge in [0.2, 0.25) is 0 Å². The molecular weight excluding hydrogens is 398 g/mol. The number of hydrogen-bond acceptors (Lipinski definition) is 4. The molecule has 0 atom stereocenters. The van der Waals surface area contributed by atoms with Gasteiger partial charge in [0.1, 0.15) is 0 Å². The molecule has 6 nitrogen and oxygen atoms in total. The molecule has 6 rings (SSSR count). The molecule has 0 radical (unpaired) electrons. The third-order valence-electron chi connectivity index (χ3n) is 6.41. The second-order valence-corrected chi connectivity index (χ2v) is 8.64. The molecule has 0 aliphatic carbocycles. The molecule has 0 spiro atoms. The summed E-state index contributed by atoms with van der Waals surface area (Å²) in [5.74, 6) is 0. The molecule has 6 heteroatoms. The van der Waals surface area contributed by atoms with Crippen molar-refractivity contribution in [1.29, 1.82) is 0 Å². The van der Waals surface area contributed by atoms with Crippen molar-refractivity contribution in [2.75, 3.05) is 13.6 Å². The number of aromatic nitrogens is 4. The normalized spacial score (nSPS) is 14.2. The topological polar surface area (TPSA) is 56.0 Å². The highest BCUT2D eigenvalue weighted by Gasteiger charge is 2.16. The summed E-state index contributed by atoms with van der Waals surface area (Å²) < 4.78 is 3.63. The van der Waals surface area contributed by atoms with E-state index < -0.39 is 0 Å². The first-order valence-corrected chi connectivity index (χ1v) is 10.8. The predicted octanol–water partition coefficient (Wildman–Crippen LogP) is 3.93. The first kappa shape index (κ1) is 19.0. The van der Waals surface area contributed by atoms with E-state index in [1.807, 2.05) is 42.3 Å². The molecule has 0 unspecified atom stereocenters. The van der Waals surface area contributed by atoms with E-state index in [-0.39, 0.29) is 5.56 Å². The Morgan fingerprint density at radius 1 is 0.906 bits per heavy atom. The summed E-state index contributed by atoms with van der Waals surface area (Å²) in [7, 11) is 4.05. The number of aryl methyl sites for hydroxylation is 1. The van der Waals surface area contributed by atoms with Crippen LogP contribution in [-0.4, -0.2) is 37.8 Å². The van der Waals surface area contributed by atoms with Crippen LogP contribution < -0.4 is 5.56 Å². The van der Waals surface area contributed by atoms with Crippen molar-refractivity contribution in [3.8, 4) is 16.8 Å². The first-order chi connectivity index (χ1) is 15.6. The molecule has 5 aromatic rings. The minimum absolute atomic E-state index is 0.0408. The molecule has 158 valence electrons. The maximum atomic E-state index is 13.2. The zero-order valence-corrected chi connectivity index (χ0v) is 18.1. The highest BCUT2D eigenvalue weighted by molar-refractivity contribution is 6.05. The molecule has 4 heterocycles. The zero-order valence-electron chi connectivity index (χ0n) is 18.1. The van der Waals surface area contributed by atoms with Crippen molar-refractivity contribution < 1.29 is 0 Å². The predicted molar refractivity (Wildman–Crippen MR) is 127 cm³/mol. The van der Waals surface area contributed by atoms with Gasteiger partial charge in [-0.2, -0.15) is 5.10 Å². The highest BCUT2D eigenvalue weighted by atomic mass is 16.1. The lowest BCUT2D eigenvalue weighted by Crippen LogP contribution is -2.27. The SMILES string of the molecule is CN1CCc2ccc(-n3c(=O)ccc4cnc5ccc(-c6cnn(C)c6)cc5c43)cc2C1. The average Bonchev–Trinajstić information content (AvgIpc) is 3.24. The third-order valence-corrected chi connectivity index (χ3v) is 6.41. The summed E-state index contributed by atoms with van der Waals surface area (Å²) in [6, 6.07) is 16.1. The Morgan fingerprint density at radius 3 is 2.66 bits per heavy atom. The van der Waals surface area contributed by atoms with Gasteiger partial charge in [-0.25, -0.2) is 0 Å². The van der Waals surface area contributed by atoms with Crippen molar-refractivity contribution in [3.63, 3.8) is 0 Å². The zero-order chi connectivity index (χ0) is 21.8. The van der Waals surface area contributed by atoms with Crippen LogP contribution in [0.5, 0.6) is 0 Å². The van der Waals surface area contributed by atoms with Crippen molar-refractivity contribution in [3.05, 3.63) is 88.6 Å². The van der Waals surface area contributed by atoms with Crippen molar-refractivity contribution in [2.24, 2.45) is 7.05 Å². The van der Waals surface area contributed by atoms with E-state index in [2.05, 4.69) is 52.4 Å². The summed E-state index contributed by atoms with van der Waals surface area (Å²) in [5.41, 5.74) is 7.34. The molecule has 0 amide bonds. The number of nitrogens with zero attached hydrogens (tertiary/aromatic N) is 5.